The van der Waals surface area contributed by atoms with Crippen LogP contribution in [0.1, 0.15) is 40.7 Å². The van der Waals surface area contributed by atoms with E-state index in [0.717, 1.165) is 36.2 Å². The van der Waals surface area contributed by atoms with Crippen LogP contribution in [0.25, 0.3) is 5.69 Å². The number of benzene rings is 2. The van der Waals surface area contributed by atoms with Crippen LogP contribution < -0.4 is 14.9 Å². The molecular formula is C23H23ClN4O3. The van der Waals surface area contributed by atoms with E-state index in [1.54, 1.807) is 19.2 Å². The van der Waals surface area contributed by atoms with Crippen molar-refractivity contribution >= 4 is 23.7 Å². The van der Waals surface area contributed by atoms with Gasteiger partial charge in [0.05, 0.1) is 30.6 Å². The molecule has 2 aromatic carbocycles. The highest BCUT2D eigenvalue weighted by atomic mass is 35.5. The number of fused-ring (bicyclic) bond motifs is 1. The molecule has 0 spiro atoms. The van der Waals surface area contributed by atoms with Gasteiger partial charge >= 0.3 is 0 Å². The number of hydrogen-bond donors (Lipinski definition) is 1. The van der Waals surface area contributed by atoms with Crippen molar-refractivity contribution in [1.29, 1.82) is 0 Å². The van der Waals surface area contributed by atoms with E-state index < -0.39 is 0 Å². The highest BCUT2D eigenvalue weighted by Gasteiger charge is 2.26. The fraction of sp³-hybridized carbons (Fsp3) is 0.261. The predicted octanol–water partition coefficient (Wildman–Crippen LogP) is 4.19. The Hall–Kier alpha value is -3.32. The van der Waals surface area contributed by atoms with Gasteiger partial charge < -0.3 is 9.47 Å². The lowest BCUT2D eigenvalue weighted by molar-refractivity contribution is 0.0949. The minimum atomic E-state index is -0.340. The van der Waals surface area contributed by atoms with Crippen LogP contribution in [0.2, 0.25) is 5.02 Å². The molecular weight excluding hydrogens is 416 g/mol. The van der Waals surface area contributed by atoms with Crippen molar-refractivity contribution in [2.75, 3.05) is 13.7 Å². The third-order valence-electron chi connectivity index (χ3n) is 5.07. The number of aromatic nitrogens is 2. The highest BCUT2D eigenvalue weighted by molar-refractivity contribution is 6.32. The summed E-state index contributed by atoms with van der Waals surface area (Å²) < 4.78 is 12.7. The summed E-state index contributed by atoms with van der Waals surface area (Å²) in [6.45, 7) is 2.34. The second kappa shape index (κ2) is 9.22. The minimum Gasteiger partial charge on any atom is -0.493 e. The topological polar surface area (TPSA) is 77.7 Å². The zero-order chi connectivity index (χ0) is 21.8. The normalized spacial score (nSPS) is 12.7. The van der Waals surface area contributed by atoms with Crippen LogP contribution >= 0.6 is 11.6 Å². The molecule has 8 heteroatoms. The van der Waals surface area contributed by atoms with E-state index in [1.165, 1.54) is 6.21 Å². The van der Waals surface area contributed by atoms with E-state index in [0.29, 0.717) is 34.4 Å². The van der Waals surface area contributed by atoms with Crippen molar-refractivity contribution < 1.29 is 14.3 Å². The van der Waals surface area contributed by atoms with Crippen molar-refractivity contribution in [3.8, 4) is 17.2 Å². The van der Waals surface area contributed by atoms with E-state index in [2.05, 4.69) is 15.6 Å². The van der Waals surface area contributed by atoms with Crippen molar-refractivity contribution in [1.82, 2.24) is 15.2 Å². The molecule has 3 aromatic rings. The SMILES string of the molecule is CCOc1c(Cl)cc(/C=N/NC(=O)c2nn(-c3ccccc3)c3c2CCC3)cc1OC. The van der Waals surface area contributed by atoms with Crippen molar-refractivity contribution in [3.63, 3.8) is 0 Å². The van der Waals surface area contributed by atoms with Crippen LogP contribution in [0.15, 0.2) is 47.6 Å². The molecule has 0 fully saturated rings. The number of carbonyl (C=O) groups is 1. The lowest BCUT2D eigenvalue weighted by Crippen LogP contribution is -2.20. The molecule has 1 aliphatic rings. The maximum Gasteiger partial charge on any atom is 0.292 e. The first-order valence-electron chi connectivity index (χ1n) is 10.1. The van der Waals surface area contributed by atoms with Gasteiger partial charge in [0.15, 0.2) is 17.2 Å². The van der Waals surface area contributed by atoms with Gasteiger partial charge in [-0.15, -0.1) is 0 Å². The number of hydrogen-bond acceptors (Lipinski definition) is 5. The van der Waals surface area contributed by atoms with E-state index in [9.17, 15) is 4.79 Å². The summed E-state index contributed by atoms with van der Waals surface area (Å²) in [6, 6.07) is 13.3. The van der Waals surface area contributed by atoms with Crippen LogP contribution in [-0.2, 0) is 12.8 Å². The van der Waals surface area contributed by atoms with Gasteiger partial charge in [-0.05, 0) is 56.0 Å². The number of amides is 1. The number of nitrogens with zero attached hydrogens (tertiary/aromatic N) is 3. The van der Waals surface area contributed by atoms with Gasteiger partial charge in [0.2, 0.25) is 0 Å². The molecule has 7 nitrogen and oxygen atoms in total. The Morgan fingerprint density at radius 3 is 2.84 bits per heavy atom. The first-order chi connectivity index (χ1) is 15.1. The van der Waals surface area contributed by atoms with Gasteiger partial charge in [0.1, 0.15) is 0 Å². The van der Waals surface area contributed by atoms with Crippen LogP contribution in [0.4, 0.5) is 0 Å². The van der Waals surface area contributed by atoms with E-state index in [4.69, 9.17) is 21.1 Å². The number of methoxy groups -OCH3 is 1. The molecule has 1 aromatic heterocycles. The van der Waals surface area contributed by atoms with Crippen LogP contribution in [0.5, 0.6) is 11.5 Å². The van der Waals surface area contributed by atoms with Crippen LogP contribution in [0.3, 0.4) is 0 Å². The van der Waals surface area contributed by atoms with Crippen LogP contribution in [-0.4, -0.2) is 35.6 Å². The Kier molecular flexibility index (Phi) is 6.23. The molecule has 4 rings (SSSR count). The molecule has 0 atom stereocenters. The largest absolute Gasteiger partial charge is 0.493 e. The quantitative estimate of drug-likeness (QED) is 0.443. The summed E-state index contributed by atoms with van der Waals surface area (Å²) in [5.41, 5.74) is 6.68. The fourth-order valence-electron chi connectivity index (χ4n) is 3.72. The van der Waals surface area contributed by atoms with Gasteiger partial charge in [-0.1, -0.05) is 29.8 Å². The molecule has 0 radical (unpaired) electrons. The van der Waals surface area contributed by atoms with Gasteiger partial charge in [-0.2, -0.15) is 10.2 Å². The van der Waals surface area contributed by atoms with Crippen molar-refractivity contribution in [2.45, 2.75) is 26.2 Å². The average Bonchev–Trinajstić information content (AvgIpc) is 3.39. The number of rotatable bonds is 7. The number of halogens is 1. The molecule has 1 N–H and O–H groups in total. The molecule has 0 aliphatic heterocycles. The second-order valence-corrected chi connectivity index (χ2v) is 7.45. The number of nitrogens with one attached hydrogen (secondary N) is 1. The second-order valence-electron chi connectivity index (χ2n) is 7.04. The number of carbonyl (C=O) groups excluding carboxylic acids is 1. The Bertz CT molecular complexity index is 1130. The highest BCUT2D eigenvalue weighted by Crippen LogP contribution is 2.36. The molecule has 1 heterocycles. The van der Waals surface area contributed by atoms with E-state index >= 15 is 0 Å². The number of para-hydroxylation sites is 1. The summed E-state index contributed by atoms with van der Waals surface area (Å²) in [5.74, 6) is 0.643. The van der Waals surface area contributed by atoms with Gasteiger partial charge in [0, 0.05) is 11.3 Å². The monoisotopic (exact) mass is 438 g/mol. The number of hydrazone groups is 1. The smallest absolute Gasteiger partial charge is 0.292 e. The molecule has 31 heavy (non-hydrogen) atoms. The van der Waals surface area contributed by atoms with Crippen molar-refractivity contribution in [2.24, 2.45) is 5.10 Å². The number of ether oxygens (including phenoxy) is 2. The molecule has 0 saturated heterocycles. The average molecular weight is 439 g/mol. The molecule has 0 saturated carbocycles. The summed E-state index contributed by atoms with van der Waals surface area (Å²) in [7, 11) is 1.54. The minimum absolute atomic E-state index is 0.340. The Labute approximate surface area is 185 Å². The van der Waals surface area contributed by atoms with Crippen LogP contribution in [0, 0.1) is 0 Å². The van der Waals surface area contributed by atoms with Gasteiger partial charge in [0.25, 0.3) is 5.91 Å². The molecule has 0 unspecified atom stereocenters. The zero-order valence-electron chi connectivity index (χ0n) is 17.4. The van der Waals surface area contributed by atoms with E-state index in [1.807, 2.05) is 41.9 Å². The maximum atomic E-state index is 12.8. The summed E-state index contributed by atoms with van der Waals surface area (Å²) in [5, 5.41) is 9.07. The molecule has 160 valence electrons. The first-order valence-corrected chi connectivity index (χ1v) is 10.5. The molecule has 1 amide bonds. The lowest BCUT2D eigenvalue weighted by Gasteiger charge is -2.11. The summed E-state index contributed by atoms with van der Waals surface area (Å²) >= 11 is 6.29. The van der Waals surface area contributed by atoms with Gasteiger partial charge in [-0.3, -0.25) is 4.79 Å². The Morgan fingerprint density at radius 1 is 1.29 bits per heavy atom. The molecule has 1 aliphatic carbocycles. The third-order valence-corrected chi connectivity index (χ3v) is 5.35. The Morgan fingerprint density at radius 2 is 2.10 bits per heavy atom. The summed E-state index contributed by atoms with van der Waals surface area (Å²) in [4.78, 5) is 12.8. The summed E-state index contributed by atoms with van der Waals surface area (Å²) in [6.07, 6.45) is 4.25. The zero-order valence-corrected chi connectivity index (χ0v) is 18.1. The third kappa shape index (κ3) is 4.27. The fourth-order valence-corrected chi connectivity index (χ4v) is 3.99. The standard InChI is InChI=1S/C23H23ClN4O3/c1-3-31-22-18(24)12-15(13-20(22)30-2)14-25-26-23(29)21-17-10-7-11-19(17)28(27-21)16-8-5-4-6-9-16/h4-6,8-9,12-14H,3,7,10-11H2,1-2H3,(H,26,29)/b25-14+. The first kappa shape index (κ1) is 20.9. The molecule has 0 bridgehead atoms. The Balaban J connectivity index is 1.54. The lowest BCUT2D eigenvalue weighted by atomic mass is 10.2. The van der Waals surface area contributed by atoms with E-state index in [-0.39, 0.29) is 5.91 Å². The maximum absolute atomic E-state index is 12.8. The van der Waals surface area contributed by atoms with Crippen molar-refractivity contribution in [3.05, 3.63) is 70.0 Å². The predicted molar refractivity (Wildman–Crippen MR) is 120 cm³/mol. The van der Waals surface area contributed by atoms with Gasteiger partial charge in [-0.25, -0.2) is 10.1 Å².